The highest BCUT2D eigenvalue weighted by molar-refractivity contribution is 7.12. The fourth-order valence-corrected chi connectivity index (χ4v) is 3.14. The zero-order valence-corrected chi connectivity index (χ0v) is 12.5. The van der Waals surface area contributed by atoms with Gasteiger partial charge in [-0.15, -0.1) is 11.3 Å². The topological polar surface area (TPSA) is 44.5 Å². The van der Waals surface area contributed by atoms with E-state index in [1.54, 1.807) is 25.6 Å². The normalized spacial score (nSPS) is 12.3. The van der Waals surface area contributed by atoms with Crippen molar-refractivity contribution in [2.75, 3.05) is 14.2 Å². The SMILES string of the molecule is COc1cccc(OC)c1C(N)c1cc(C)c(C)s1. The van der Waals surface area contributed by atoms with E-state index in [9.17, 15) is 0 Å². The number of ether oxygens (including phenoxy) is 2. The Balaban J connectivity index is 2.50. The molecule has 4 heteroatoms. The van der Waals surface area contributed by atoms with Gasteiger partial charge in [-0.05, 0) is 37.6 Å². The molecule has 1 aromatic heterocycles. The van der Waals surface area contributed by atoms with Crippen LogP contribution >= 0.6 is 11.3 Å². The molecule has 0 radical (unpaired) electrons. The Morgan fingerprint density at radius 2 is 1.68 bits per heavy atom. The molecule has 19 heavy (non-hydrogen) atoms. The number of methoxy groups -OCH3 is 2. The average Bonchev–Trinajstić information content (AvgIpc) is 2.76. The van der Waals surface area contributed by atoms with Gasteiger partial charge in [0, 0.05) is 9.75 Å². The van der Waals surface area contributed by atoms with Crippen molar-refractivity contribution in [1.29, 1.82) is 0 Å². The van der Waals surface area contributed by atoms with Crippen molar-refractivity contribution in [1.82, 2.24) is 0 Å². The third-order valence-electron chi connectivity index (χ3n) is 3.27. The van der Waals surface area contributed by atoms with Gasteiger partial charge < -0.3 is 15.2 Å². The summed E-state index contributed by atoms with van der Waals surface area (Å²) in [5.41, 5.74) is 8.57. The van der Waals surface area contributed by atoms with Gasteiger partial charge in [0.25, 0.3) is 0 Å². The van der Waals surface area contributed by atoms with Crippen molar-refractivity contribution in [3.8, 4) is 11.5 Å². The van der Waals surface area contributed by atoms with Crippen molar-refractivity contribution in [3.05, 3.63) is 45.1 Å². The molecule has 1 atom stereocenters. The Morgan fingerprint density at radius 3 is 2.11 bits per heavy atom. The minimum absolute atomic E-state index is 0.233. The van der Waals surface area contributed by atoms with Crippen LogP contribution in [-0.2, 0) is 0 Å². The maximum atomic E-state index is 6.40. The number of hydrogen-bond acceptors (Lipinski definition) is 4. The van der Waals surface area contributed by atoms with E-state index in [1.807, 2.05) is 18.2 Å². The first-order valence-corrected chi connectivity index (χ1v) is 6.93. The lowest BCUT2D eigenvalue weighted by Gasteiger charge is -2.17. The third-order valence-corrected chi connectivity index (χ3v) is 4.50. The standard InChI is InChI=1S/C15H19NO2S/c1-9-8-13(19-10(9)2)15(16)14-11(17-3)6-5-7-12(14)18-4/h5-8,15H,16H2,1-4H3. The second-order valence-electron chi connectivity index (χ2n) is 4.44. The number of aryl methyl sites for hydroxylation is 2. The maximum absolute atomic E-state index is 6.40. The van der Waals surface area contributed by atoms with Crippen LogP contribution in [0.5, 0.6) is 11.5 Å². The highest BCUT2D eigenvalue weighted by atomic mass is 32.1. The second-order valence-corrected chi connectivity index (χ2v) is 5.73. The van der Waals surface area contributed by atoms with E-state index in [1.165, 1.54) is 10.4 Å². The van der Waals surface area contributed by atoms with Gasteiger partial charge in [0.2, 0.25) is 0 Å². The number of benzene rings is 1. The average molecular weight is 277 g/mol. The summed E-state index contributed by atoms with van der Waals surface area (Å²) in [5.74, 6) is 1.52. The summed E-state index contributed by atoms with van der Waals surface area (Å²) in [6.07, 6.45) is 0. The van der Waals surface area contributed by atoms with Crippen LogP contribution in [0, 0.1) is 13.8 Å². The zero-order valence-electron chi connectivity index (χ0n) is 11.7. The summed E-state index contributed by atoms with van der Waals surface area (Å²) in [6.45, 7) is 4.21. The number of nitrogens with two attached hydrogens (primary N) is 1. The first-order valence-electron chi connectivity index (χ1n) is 6.12. The molecule has 2 rings (SSSR count). The Hall–Kier alpha value is -1.52. The third kappa shape index (κ3) is 2.60. The Bertz CT molecular complexity index is 536. The van der Waals surface area contributed by atoms with Crippen LogP contribution in [0.1, 0.15) is 26.9 Å². The van der Waals surface area contributed by atoms with Gasteiger partial charge in [0.1, 0.15) is 11.5 Å². The van der Waals surface area contributed by atoms with Gasteiger partial charge in [-0.25, -0.2) is 0 Å². The van der Waals surface area contributed by atoms with E-state index in [-0.39, 0.29) is 6.04 Å². The van der Waals surface area contributed by atoms with E-state index in [4.69, 9.17) is 15.2 Å². The first kappa shape index (κ1) is 13.9. The summed E-state index contributed by atoms with van der Waals surface area (Å²) in [4.78, 5) is 2.41. The molecule has 2 N–H and O–H groups in total. The van der Waals surface area contributed by atoms with Crippen molar-refractivity contribution in [3.63, 3.8) is 0 Å². The van der Waals surface area contributed by atoms with Gasteiger partial charge in [0.15, 0.2) is 0 Å². The van der Waals surface area contributed by atoms with Gasteiger partial charge >= 0.3 is 0 Å². The van der Waals surface area contributed by atoms with Crippen molar-refractivity contribution in [2.24, 2.45) is 5.73 Å². The minimum atomic E-state index is -0.233. The lowest BCUT2D eigenvalue weighted by Crippen LogP contribution is -2.13. The van der Waals surface area contributed by atoms with Crippen LogP contribution in [-0.4, -0.2) is 14.2 Å². The van der Waals surface area contributed by atoms with Crippen molar-refractivity contribution < 1.29 is 9.47 Å². The van der Waals surface area contributed by atoms with E-state index in [0.717, 1.165) is 21.9 Å². The van der Waals surface area contributed by atoms with E-state index >= 15 is 0 Å². The molecule has 1 aromatic carbocycles. The molecule has 102 valence electrons. The molecule has 0 fully saturated rings. The highest BCUT2D eigenvalue weighted by Gasteiger charge is 2.21. The highest BCUT2D eigenvalue weighted by Crippen LogP contribution is 2.38. The van der Waals surface area contributed by atoms with E-state index < -0.39 is 0 Å². The fourth-order valence-electron chi connectivity index (χ4n) is 2.08. The Kier molecular flexibility index (Phi) is 4.12. The number of thiophene rings is 1. The first-order chi connectivity index (χ1) is 9.08. The molecular formula is C15H19NO2S. The fraction of sp³-hybridized carbons (Fsp3) is 0.333. The Morgan fingerprint density at radius 1 is 1.11 bits per heavy atom. The van der Waals surface area contributed by atoms with E-state index in [0.29, 0.717) is 0 Å². The monoisotopic (exact) mass is 277 g/mol. The van der Waals surface area contributed by atoms with Gasteiger partial charge in [0.05, 0.1) is 25.8 Å². The molecule has 0 saturated carbocycles. The molecule has 0 spiro atoms. The molecule has 3 nitrogen and oxygen atoms in total. The number of rotatable bonds is 4. The molecule has 0 aliphatic heterocycles. The predicted octanol–water partition coefficient (Wildman–Crippen LogP) is 3.43. The van der Waals surface area contributed by atoms with E-state index in [2.05, 4.69) is 19.9 Å². The number of hydrogen-bond donors (Lipinski definition) is 1. The summed E-state index contributed by atoms with van der Waals surface area (Å²) < 4.78 is 10.8. The van der Waals surface area contributed by atoms with Crippen LogP contribution in [0.2, 0.25) is 0 Å². The van der Waals surface area contributed by atoms with Crippen LogP contribution < -0.4 is 15.2 Å². The molecule has 0 saturated heterocycles. The van der Waals surface area contributed by atoms with Crippen molar-refractivity contribution >= 4 is 11.3 Å². The van der Waals surface area contributed by atoms with Gasteiger partial charge in [-0.3, -0.25) is 0 Å². The largest absolute Gasteiger partial charge is 0.496 e. The van der Waals surface area contributed by atoms with Gasteiger partial charge in [-0.1, -0.05) is 6.07 Å². The summed E-state index contributed by atoms with van der Waals surface area (Å²) >= 11 is 1.72. The lowest BCUT2D eigenvalue weighted by atomic mass is 10.0. The van der Waals surface area contributed by atoms with Gasteiger partial charge in [-0.2, -0.15) is 0 Å². The molecule has 1 heterocycles. The predicted molar refractivity (Wildman–Crippen MR) is 79.4 cm³/mol. The van der Waals surface area contributed by atoms with Crippen LogP contribution in [0.25, 0.3) is 0 Å². The Labute approximate surface area is 118 Å². The smallest absolute Gasteiger partial charge is 0.127 e. The molecule has 0 aliphatic carbocycles. The molecular weight excluding hydrogens is 258 g/mol. The summed E-state index contributed by atoms with van der Waals surface area (Å²) in [7, 11) is 3.30. The zero-order chi connectivity index (χ0) is 14.0. The van der Waals surface area contributed by atoms with Crippen LogP contribution in [0.15, 0.2) is 24.3 Å². The van der Waals surface area contributed by atoms with Crippen LogP contribution in [0.4, 0.5) is 0 Å². The quantitative estimate of drug-likeness (QED) is 0.931. The van der Waals surface area contributed by atoms with Crippen LogP contribution in [0.3, 0.4) is 0 Å². The lowest BCUT2D eigenvalue weighted by molar-refractivity contribution is 0.382. The second kappa shape index (κ2) is 5.63. The maximum Gasteiger partial charge on any atom is 0.127 e. The summed E-state index contributed by atoms with van der Waals surface area (Å²) in [6, 6.07) is 7.62. The molecule has 2 aromatic rings. The molecule has 0 bridgehead atoms. The molecule has 1 unspecified atom stereocenters. The van der Waals surface area contributed by atoms with Crippen molar-refractivity contribution in [2.45, 2.75) is 19.9 Å². The summed E-state index contributed by atoms with van der Waals surface area (Å²) in [5, 5.41) is 0. The molecule has 0 aliphatic rings. The minimum Gasteiger partial charge on any atom is -0.496 e. The molecule has 0 amide bonds.